The highest BCUT2D eigenvalue weighted by atomic mass is 15.2. The summed E-state index contributed by atoms with van der Waals surface area (Å²) >= 11 is 0. The van der Waals surface area contributed by atoms with Crippen LogP contribution in [0.3, 0.4) is 0 Å². The van der Waals surface area contributed by atoms with Gasteiger partial charge in [0.05, 0.1) is 5.54 Å². The van der Waals surface area contributed by atoms with Crippen molar-refractivity contribution < 1.29 is 0 Å². The number of nitrogens with zero attached hydrogens (tertiary/aromatic N) is 1. The Morgan fingerprint density at radius 2 is 1.45 bits per heavy atom. The molecule has 2 N–H and O–H groups in total. The normalized spacial score (nSPS) is 23.3. The van der Waals surface area contributed by atoms with Crippen LogP contribution in [-0.2, 0) is 0 Å². The van der Waals surface area contributed by atoms with Crippen molar-refractivity contribution in [1.82, 2.24) is 0 Å². The molecule has 0 bridgehead atoms. The number of likely N-dealkylation sites (N-methyl/N-ethyl adjacent to an activating group) is 1. The zero-order valence-electron chi connectivity index (χ0n) is 13.7. The van der Waals surface area contributed by atoms with Gasteiger partial charge in [0.25, 0.3) is 0 Å². The molecular formula is C18H30N2. The summed E-state index contributed by atoms with van der Waals surface area (Å²) in [6, 6.07) is 10.7. The van der Waals surface area contributed by atoms with Crippen LogP contribution in [0.1, 0.15) is 47.0 Å². The number of para-hydroxylation sites is 1. The maximum absolute atomic E-state index is 6.28. The fourth-order valence-electron chi connectivity index (χ4n) is 4.71. The van der Waals surface area contributed by atoms with E-state index in [1.165, 1.54) is 12.1 Å². The van der Waals surface area contributed by atoms with Crippen LogP contribution in [0, 0.1) is 10.8 Å². The van der Waals surface area contributed by atoms with E-state index in [0.717, 1.165) is 12.8 Å². The van der Waals surface area contributed by atoms with Crippen LogP contribution in [0.15, 0.2) is 30.3 Å². The zero-order valence-corrected chi connectivity index (χ0v) is 13.7. The zero-order chi connectivity index (χ0) is 15.0. The quantitative estimate of drug-likeness (QED) is 0.900. The van der Waals surface area contributed by atoms with Gasteiger partial charge < -0.3 is 10.6 Å². The Morgan fingerprint density at radius 1 is 0.950 bits per heavy atom. The van der Waals surface area contributed by atoms with E-state index >= 15 is 0 Å². The predicted molar refractivity (Wildman–Crippen MR) is 88.0 cm³/mol. The largest absolute Gasteiger partial charge is 0.368 e. The highest BCUT2D eigenvalue weighted by Crippen LogP contribution is 2.52. The number of nitrogens with two attached hydrogens (primary N) is 1. The van der Waals surface area contributed by atoms with E-state index in [4.69, 9.17) is 5.73 Å². The molecule has 0 aliphatic heterocycles. The van der Waals surface area contributed by atoms with Crippen LogP contribution < -0.4 is 10.6 Å². The summed E-state index contributed by atoms with van der Waals surface area (Å²) in [7, 11) is 2.21. The number of anilines is 1. The van der Waals surface area contributed by atoms with Gasteiger partial charge in [-0.15, -0.1) is 0 Å². The average Bonchev–Trinajstić information content (AvgIpc) is 2.35. The molecule has 0 saturated heterocycles. The molecular weight excluding hydrogens is 244 g/mol. The number of benzene rings is 1. The lowest BCUT2D eigenvalue weighted by molar-refractivity contribution is 0.0500. The van der Waals surface area contributed by atoms with Gasteiger partial charge in [0.1, 0.15) is 0 Å². The lowest BCUT2D eigenvalue weighted by atomic mass is 9.58. The van der Waals surface area contributed by atoms with Crippen molar-refractivity contribution in [3.8, 4) is 0 Å². The minimum absolute atomic E-state index is 0.0621. The van der Waals surface area contributed by atoms with Gasteiger partial charge in [-0.05, 0) is 42.2 Å². The van der Waals surface area contributed by atoms with Crippen LogP contribution in [0.25, 0.3) is 0 Å². The summed E-state index contributed by atoms with van der Waals surface area (Å²) in [5.74, 6) is 0. The molecule has 0 atom stereocenters. The fraction of sp³-hybridized carbons (Fsp3) is 0.667. The number of hydrogen-bond acceptors (Lipinski definition) is 2. The molecule has 2 rings (SSSR count). The van der Waals surface area contributed by atoms with E-state index in [9.17, 15) is 0 Å². The van der Waals surface area contributed by atoms with Crippen LogP contribution in [-0.4, -0.2) is 19.1 Å². The molecule has 112 valence electrons. The minimum Gasteiger partial charge on any atom is -0.368 e. The van der Waals surface area contributed by atoms with E-state index in [1.54, 1.807) is 0 Å². The second-order valence-corrected chi connectivity index (χ2v) is 8.18. The summed E-state index contributed by atoms with van der Waals surface area (Å²) in [6.45, 7) is 10.3. The van der Waals surface area contributed by atoms with Gasteiger partial charge in [-0.3, -0.25) is 0 Å². The molecule has 2 nitrogen and oxygen atoms in total. The number of hydrogen-bond donors (Lipinski definition) is 1. The van der Waals surface area contributed by atoms with Gasteiger partial charge in [0, 0.05) is 19.3 Å². The van der Waals surface area contributed by atoms with Crippen LogP contribution in [0.5, 0.6) is 0 Å². The molecule has 0 radical (unpaired) electrons. The van der Waals surface area contributed by atoms with Gasteiger partial charge in [-0.2, -0.15) is 0 Å². The smallest absolute Gasteiger partial charge is 0.0531 e. The molecule has 0 amide bonds. The molecule has 0 aromatic heterocycles. The van der Waals surface area contributed by atoms with Crippen molar-refractivity contribution >= 4 is 5.69 Å². The molecule has 1 fully saturated rings. The fourth-order valence-corrected chi connectivity index (χ4v) is 4.71. The van der Waals surface area contributed by atoms with Crippen LogP contribution in [0.2, 0.25) is 0 Å². The highest BCUT2D eigenvalue weighted by molar-refractivity contribution is 5.48. The summed E-state index contributed by atoms with van der Waals surface area (Å²) in [6.07, 6.45) is 3.58. The van der Waals surface area contributed by atoms with Crippen molar-refractivity contribution in [2.75, 3.05) is 18.5 Å². The first-order valence-corrected chi connectivity index (χ1v) is 7.69. The molecule has 1 aliphatic rings. The summed E-state index contributed by atoms with van der Waals surface area (Å²) in [5.41, 5.74) is 8.28. The summed E-state index contributed by atoms with van der Waals surface area (Å²) in [5, 5.41) is 0. The number of rotatable bonds is 3. The van der Waals surface area contributed by atoms with Gasteiger partial charge in [-0.25, -0.2) is 0 Å². The SMILES string of the molecule is CN(c1ccccc1)C1(CN)CC(C)(C)CC(C)(C)C1. The molecule has 1 aromatic carbocycles. The first kappa shape index (κ1) is 15.4. The third-order valence-electron chi connectivity index (χ3n) is 4.81. The minimum atomic E-state index is 0.0621. The molecule has 0 unspecified atom stereocenters. The molecule has 0 spiro atoms. The summed E-state index contributed by atoms with van der Waals surface area (Å²) in [4.78, 5) is 2.43. The second kappa shape index (κ2) is 5.07. The molecule has 2 heteroatoms. The maximum atomic E-state index is 6.28. The predicted octanol–water partition coefficient (Wildman–Crippen LogP) is 4.06. The Balaban J connectivity index is 2.38. The van der Waals surface area contributed by atoms with E-state index in [2.05, 4.69) is 70.0 Å². The maximum Gasteiger partial charge on any atom is 0.0531 e. The standard InChI is InChI=1S/C18H30N2/c1-16(2)11-17(3,4)13-18(12-16,14-19)20(5)15-9-7-6-8-10-15/h6-10H,11-14,19H2,1-5H3. The molecule has 1 aromatic rings. The van der Waals surface area contributed by atoms with Gasteiger partial charge in [0.15, 0.2) is 0 Å². The molecule has 0 heterocycles. The van der Waals surface area contributed by atoms with E-state index in [-0.39, 0.29) is 5.54 Å². The first-order chi connectivity index (χ1) is 9.20. The first-order valence-electron chi connectivity index (χ1n) is 7.69. The lowest BCUT2D eigenvalue weighted by Crippen LogP contribution is -2.60. The van der Waals surface area contributed by atoms with Crippen molar-refractivity contribution in [2.45, 2.75) is 52.5 Å². The van der Waals surface area contributed by atoms with E-state index in [1.807, 2.05) is 0 Å². The Morgan fingerprint density at radius 3 is 1.90 bits per heavy atom. The summed E-state index contributed by atoms with van der Waals surface area (Å²) < 4.78 is 0. The lowest BCUT2D eigenvalue weighted by Gasteiger charge is -2.56. The Hall–Kier alpha value is -1.02. The van der Waals surface area contributed by atoms with E-state index < -0.39 is 0 Å². The monoisotopic (exact) mass is 274 g/mol. The Labute approximate surface area is 124 Å². The van der Waals surface area contributed by atoms with Crippen LogP contribution in [0.4, 0.5) is 5.69 Å². The van der Waals surface area contributed by atoms with Gasteiger partial charge >= 0.3 is 0 Å². The van der Waals surface area contributed by atoms with Gasteiger partial charge in [-0.1, -0.05) is 45.9 Å². The van der Waals surface area contributed by atoms with Crippen molar-refractivity contribution in [3.05, 3.63) is 30.3 Å². The van der Waals surface area contributed by atoms with Crippen molar-refractivity contribution in [1.29, 1.82) is 0 Å². The third-order valence-corrected chi connectivity index (χ3v) is 4.81. The van der Waals surface area contributed by atoms with Crippen molar-refractivity contribution in [3.63, 3.8) is 0 Å². The van der Waals surface area contributed by atoms with Crippen molar-refractivity contribution in [2.24, 2.45) is 16.6 Å². The molecule has 1 saturated carbocycles. The molecule has 20 heavy (non-hydrogen) atoms. The topological polar surface area (TPSA) is 29.3 Å². The second-order valence-electron chi connectivity index (χ2n) is 8.18. The Kier molecular flexibility index (Phi) is 3.90. The third kappa shape index (κ3) is 3.01. The molecule has 1 aliphatic carbocycles. The van der Waals surface area contributed by atoms with Crippen LogP contribution >= 0.6 is 0 Å². The highest BCUT2D eigenvalue weighted by Gasteiger charge is 2.48. The average molecular weight is 274 g/mol. The van der Waals surface area contributed by atoms with E-state index in [0.29, 0.717) is 17.4 Å². The van der Waals surface area contributed by atoms with Gasteiger partial charge in [0.2, 0.25) is 0 Å². The Bertz CT molecular complexity index is 432.